The van der Waals surface area contributed by atoms with Crippen molar-refractivity contribution in [3.8, 4) is 11.1 Å². The van der Waals surface area contributed by atoms with Gasteiger partial charge in [-0.3, -0.25) is 4.98 Å². The first-order valence-corrected chi connectivity index (χ1v) is 7.64. The minimum atomic E-state index is 0.908. The first kappa shape index (κ1) is 13.6. The summed E-state index contributed by atoms with van der Waals surface area (Å²) in [6.07, 6.45) is 3.69. The monoisotopic (exact) mass is 296 g/mol. The SMILES string of the molecule is C=Cc1cc2ncc(C)nc2c2ccc(-c3ccccc3)cc12. The first-order valence-electron chi connectivity index (χ1n) is 7.64. The maximum Gasteiger partial charge on any atom is 0.0968 e. The summed E-state index contributed by atoms with van der Waals surface area (Å²) in [5.41, 5.74) is 6.28. The zero-order valence-corrected chi connectivity index (χ0v) is 13.0. The van der Waals surface area contributed by atoms with E-state index in [4.69, 9.17) is 0 Å². The van der Waals surface area contributed by atoms with Gasteiger partial charge in [-0.15, -0.1) is 0 Å². The van der Waals surface area contributed by atoms with E-state index in [-0.39, 0.29) is 0 Å². The van der Waals surface area contributed by atoms with Crippen molar-refractivity contribution in [2.75, 3.05) is 0 Å². The molecule has 0 fully saturated rings. The Hall–Kier alpha value is -3.00. The molecule has 0 radical (unpaired) electrons. The van der Waals surface area contributed by atoms with Crippen LogP contribution in [0.25, 0.3) is 39.0 Å². The molecule has 110 valence electrons. The van der Waals surface area contributed by atoms with E-state index in [0.717, 1.165) is 33.1 Å². The Morgan fingerprint density at radius 2 is 1.74 bits per heavy atom. The number of nitrogens with zero attached hydrogens (tertiary/aromatic N) is 2. The Balaban J connectivity index is 2.08. The molecule has 0 saturated heterocycles. The van der Waals surface area contributed by atoms with Gasteiger partial charge in [0.25, 0.3) is 0 Å². The molecule has 0 saturated carbocycles. The highest BCUT2D eigenvalue weighted by atomic mass is 14.8. The molecular weight excluding hydrogens is 280 g/mol. The summed E-state index contributed by atoms with van der Waals surface area (Å²) in [4.78, 5) is 9.19. The van der Waals surface area contributed by atoms with Crippen molar-refractivity contribution in [3.63, 3.8) is 0 Å². The molecule has 0 N–H and O–H groups in total. The van der Waals surface area contributed by atoms with E-state index in [9.17, 15) is 0 Å². The Labute approximate surface area is 135 Å². The van der Waals surface area contributed by atoms with Crippen LogP contribution in [-0.2, 0) is 0 Å². The predicted molar refractivity (Wildman–Crippen MR) is 97.3 cm³/mol. The lowest BCUT2D eigenvalue weighted by Gasteiger charge is -2.10. The van der Waals surface area contributed by atoms with Crippen molar-refractivity contribution >= 4 is 27.9 Å². The maximum absolute atomic E-state index is 4.68. The van der Waals surface area contributed by atoms with Crippen LogP contribution in [-0.4, -0.2) is 9.97 Å². The third-order valence-corrected chi connectivity index (χ3v) is 4.13. The molecular formula is C21H16N2. The predicted octanol–water partition coefficient (Wildman–Crippen LogP) is 5.40. The molecule has 2 nitrogen and oxygen atoms in total. The molecule has 0 spiro atoms. The van der Waals surface area contributed by atoms with Gasteiger partial charge < -0.3 is 0 Å². The number of rotatable bonds is 2. The van der Waals surface area contributed by atoms with Gasteiger partial charge in [0.1, 0.15) is 0 Å². The van der Waals surface area contributed by atoms with Crippen LogP contribution in [0.5, 0.6) is 0 Å². The van der Waals surface area contributed by atoms with Crippen LogP contribution in [0.3, 0.4) is 0 Å². The lowest BCUT2D eigenvalue weighted by molar-refractivity contribution is 1.19. The summed E-state index contributed by atoms with van der Waals surface area (Å²) in [5, 5.41) is 2.28. The van der Waals surface area contributed by atoms with E-state index in [0.29, 0.717) is 0 Å². The number of fused-ring (bicyclic) bond motifs is 3. The number of hydrogen-bond acceptors (Lipinski definition) is 2. The van der Waals surface area contributed by atoms with Crippen molar-refractivity contribution in [2.24, 2.45) is 0 Å². The molecule has 0 aliphatic heterocycles. The fourth-order valence-corrected chi connectivity index (χ4v) is 2.98. The van der Waals surface area contributed by atoms with Gasteiger partial charge in [-0.2, -0.15) is 0 Å². The van der Waals surface area contributed by atoms with Crippen LogP contribution >= 0.6 is 0 Å². The average Bonchev–Trinajstić information content (AvgIpc) is 2.61. The average molecular weight is 296 g/mol. The molecule has 23 heavy (non-hydrogen) atoms. The van der Waals surface area contributed by atoms with Crippen LogP contribution in [0.4, 0.5) is 0 Å². The second-order valence-electron chi connectivity index (χ2n) is 5.68. The van der Waals surface area contributed by atoms with E-state index in [1.54, 1.807) is 6.20 Å². The second kappa shape index (κ2) is 5.33. The third-order valence-electron chi connectivity index (χ3n) is 4.13. The lowest BCUT2D eigenvalue weighted by Crippen LogP contribution is -1.91. The Kier molecular flexibility index (Phi) is 3.16. The molecule has 1 heterocycles. The normalized spacial score (nSPS) is 11.0. The van der Waals surface area contributed by atoms with Crippen molar-refractivity contribution in [2.45, 2.75) is 6.92 Å². The van der Waals surface area contributed by atoms with Gasteiger partial charge in [-0.25, -0.2) is 4.98 Å². The third kappa shape index (κ3) is 2.29. The quantitative estimate of drug-likeness (QED) is 0.463. The number of aryl methyl sites for hydroxylation is 1. The Morgan fingerprint density at radius 1 is 0.913 bits per heavy atom. The molecule has 0 aliphatic rings. The Bertz CT molecular complexity index is 1030. The highest BCUT2D eigenvalue weighted by molar-refractivity contribution is 6.08. The van der Waals surface area contributed by atoms with Gasteiger partial charge in [-0.1, -0.05) is 55.1 Å². The van der Waals surface area contributed by atoms with Gasteiger partial charge in [-0.05, 0) is 41.1 Å². The van der Waals surface area contributed by atoms with Gasteiger partial charge in [0, 0.05) is 11.6 Å². The highest BCUT2D eigenvalue weighted by Gasteiger charge is 2.09. The largest absolute Gasteiger partial charge is 0.253 e. The van der Waals surface area contributed by atoms with Crippen LogP contribution in [0.1, 0.15) is 11.3 Å². The van der Waals surface area contributed by atoms with Gasteiger partial charge in [0.2, 0.25) is 0 Å². The molecule has 0 unspecified atom stereocenters. The van der Waals surface area contributed by atoms with Crippen LogP contribution in [0.15, 0.2) is 67.4 Å². The second-order valence-corrected chi connectivity index (χ2v) is 5.68. The summed E-state index contributed by atoms with van der Waals surface area (Å²) in [6.45, 7) is 5.93. The summed E-state index contributed by atoms with van der Waals surface area (Å²) in [6, 6.07) is 19.0. The standard InChI is InChI=1S/C21H16N2/c1-3-15-12-20-21(23-14(2)13-22-20)18-10-9-17(11-19(15)18)16-7-5-4-6-8-16/h3-13H,1H2,2H3. The fourth-order valence-electron chi connectivity index (χ4n) is 2.98. The number of aromatic nitrogens is 2. The van der Waals surface area contributed by atoms with Crippen LogP contribution in [0, 0.1) is 6.92 Å². The molecule has 0 atom stereocenters. The van der Waals surface area contributed by atoms with Gasteiger partial charge in [0.15, 0.2) is 0 Å². The van der Waals surface area contributed by atoms with Crippen molar-refractivity contribution in [1.82, 2.24) is 9.97 Å². The van der Waals surface area contributed by atoms with Gasteiger partial charge >= 0.3 is 0 Å². The summed E-state index contributed by atoms with van der Waals surface area (Å²) < 4.78 is 0. The van der Waals surface area contributed by atoms with Crippen LogP contribution in [0.2, 0.25) is 0 Å². The molecule has 2 heteroatoms. The van der Waals surface area contributed by atoms with Crippen molar-refractivity contribution in [1.29, 1.82) is 0 Å². The highest BCUT2D eigenvalue weighted by Crippen LogP contribution is 2.31. The van der Waals surface area contributed by atoms with E-state index >= 15 is 0 Å². The molecule has 3 aromatic carbocycles. The fraction of sp³-hybridized carbons (Fsp3) is 0.0476. The topological polar surface area (TPSA) is 25.8 Å². The zero-order valence-electron chi connectivity index (χ0n) is 13.0. The molecule has 4 aromatic rings. The van der Waals surface area contributed by atoms with Crippen LogP contribution < -0.4 is 0 Å². The van der Waals surface area contributed by atoms with E-state index in [1.165, 1.54) is 11.1 Å². The molecule has 4 rings (SSSR count). The van der Waals surface area contributed by atoms with Crippen molar-refractivity contribution < 1.29 is 0 Å². The lowest BCUT2D eigenvalue weighted by atomic mass is 9.97. The molecule has 0 amide bonds. The first-order chi connectivity index (χ1) is 11.3. The Morgan fingerprint density at radius 3 is 2.52 bits per heavy atom. The summed E-state index contributed by atoms with van der Waals surface area (Å²) >= 11 is 0. The van der Waals surface area contributed by atoms with Gasteiger partial charge in [0.05, 0.1) is 16.7 Å². The van der Waals surface area contributed by atoms with E-state index < -0.39 is 0 Å². The zero-order chi connectivity index (χ0) is 15.8. The minimum absolute atomic E-state index is 0.908. The summed E-state index contributed by atoms with van der Waals surface area (Å²) in [7, 11) is 0. The minimum Gasteiger partial charge on any atom is -0.253 e. The number of benzene rings is 3. The number of hydrogen-bond donors (Lipinski definition) is 0. The molecule has 0 bridgehead atoms. The summed E-state index contributed by atoms with van der Waals surface area (Å²) in [5.74, 6) is 0. The molecule has 0 aliphatic carbocycles. The van der Waals surface area contributed by atoms with E-state index in [1.807, 2.05) is 19.1 Å². The maximum atomic E-state index is 4.68. The molecule has 1 aromatic heterocycles. The van der Waals surface area contributed by atoms with Crippen molar-refractivity contribution in [3.05, 3.63) is 78.6 Å². The van der Waals surface area contributed by atoms with E-state index in [2.05, 4.69) is 65.1 Å². The smallest absolute Gasteiger partial charge is 0.0968 e.